The molecule has 1 atom stereocenters. The summed E-state index contributed by atoms with van der Waals surface area (Å²) < 4.78 is 6.28. The Hall–Kier alpha value is -2.45. The van der Waals surface area contributed by atoms with Crippen LogP contribution in [0.4, 0.5) is 11.6 Å². The number of rotatable bonds is 4. The predicted octanol–water partition coefficient (Wildman–Crippen LogP) is 2.92. The summed E-state index contributed by atoms with van der Waals surface area (Å²) in [4.78, 5) is 23.8. The van der Waals surface area contributed by atoms with Crippen molar-refractivity contribution < 1.29 is 9.21 Å². The number of nitrogen functional groups attached to an aromatic ring is 1. The van der Waals surface area contributed by atoms with Crippen LogP contribution in [0.5, 0.6) is 0 Å². The largest absolute Gasteiger partial charge is 0.438 e. The minimum Gasteiger partial charge on any atom is -0.438 e. The highest BCUT2D eigenvalue weighted by Gasteiger charge is 2.24. The zero-order valence-electron chi connectivity index (χ0n) is 14.7. The Bertz CT molecular complexity index is 1000. The van der Waals surface area contributed by atoms with Crippen LogP contribution in [0.2, 0.25) is 0 Å². The van der Waals surface area contributed by atoms with Gasteiger partial charge >= 0.3 is 0 Å². The first-order valence-electron chi connectivity index (χ1n) is 8.83. The summed E-state index contributed by atoms with van der Waals surface area (Å²) in [5, 5.41) is 0. The van der Waals surface area contributed by atoms with Crippen LogP contribution >= 0.6 is 15.9 Å². The molecule has 0 unspecified atom stereocenters. The average molecular weight is 430 g/mol. The molecule has 0 aromatic carbocycles. The maximum absolute atomic E-state index is 13.0. The normalized spacial score (nSPS) is 17.4. The van der Waals surface area contributed by atoms with E-state index >= 15 is 0 Å². The molecule has 4 N–H and O–H groups in total. The Kier molecular flexibility index (Phi) is 4.84. The maximum atomic E-state index is 13.0. The number of furan rings is 1. The second-order valence-electron chi connectivity index (χ2n) is 6.79. The minimum absolute atomic E-state index is 0.0889. The van der Waals surface area contributed by atoms with Gasteiger partial charge in [0, 0.05) is 59.9 Å². The van der Waals surface area contributed by atoms with E-state index in [1.54, 1.807) is 24.7 Å². The van der Waals surface area contributed by atoms with Crippen molar-refractivity contribution in [3.05, 3.63) is 46.3 Å². The smallest absolute Gasteiger partial charge is 0.204 e. The van der Waals surface area contributed by atoms with Crippen molar-refractivity contribution in [2.24, 2.45) is 5.73 Å². The molecular formula is C19H20BrN5O2. The lowest BCUT2D eigenvalue weighted by atomic mass is 10.0. The molecule has 1 aliphatic rings. The molecule has 27 heavy (non-hydrogen) atoms. The van der Waals surface area contributed by atoms with Gasteiger partial charge in [-0.2, -0.15) is 0 Å². The summed E-state index contributed by atoms with van der Waals surface area (Å²) in [5.41, 5.74) is 15.2. The van der Waals surface area contributed by atoms with Crippen LogP contribution in [-0.4, -0.2) is 34.9 Å². The third-order valence-corrected chi connectivity index (χ3v) is 5.26. The van der Waals surface area contributed by atoms with Gasteiger partial charge in [0.25, 0.3) is 0 Å². The maximum Gasteiger partial charge on any atom is 0.204 e. The summed E-state index contributed by atoms with van der Waals surface area (Å²) in [6.07, 6.45) is 7.33. The molecule has 3 aromatic rings. The number of piperidine rings is 1. The number of aromatic nitrogens is 2. The van der Waals surface area contributed by atoms with Crippen LogP contribution in [0, 0.1) is 0 Å². The van der Waals surface area contributed by atoms with Crippen LogP contribution in [0.15, 0.2) is 39.6 Å². The van der Waals surface area contributed by atoms with Crippen LogP contribution in [0.3, 0.4) is 0 Å². The summed E-state index contributed by atoms with van der Waals surface area (Å²) in [6, 6.07) is 3.83. The van der Waals surface area contributed by atoms with Crippen molar-refractivity contribution in [1.29, 1.82) is 0 Å². The van der Waals surface area contributed by atoms with Gasteiger partial charge in [0.15, 0.2) is 11.4 Å². The van der Waals surface area contributed by atoms with E-state index in [0.717, 1.165) is 41.7 Å². The molecular weight excluding hydrogens is 410 g/mol. The molecule has 0 radical (unpaired) electrons. The van der Waals surface area contributed by atoms with Crippen LogP contribution in [-0.2, 0) is 6.42 Å². The van der Waals surface area contributed by atoms with Crippen LogP contribution in [0.1, 0.15) is 28.8 Å². The van der Waals surface area contributed by atoms with Gasteiger partial charge in [-0.15, -0.1) is 0 Å². The molecule has 0 saturated carbocycles. The topological polar surface area (TPSA) is 111 Å². The number of pyridine rings is 2. The molecule has 3 aromatic heterocycles. The van der Waals surface area contributed by atoms with Crippen molar-refractivity contribution in [1.82, 2.24) is 9.97 Å². The molecule has 1 saturated heterocycles. The van der Waals surface area contributed by atoms with Gasteiger partial charge < -0.3 is 20.8 Å². The number of hydrogen-bond acceptors (Lipinski definition) is 7. The van der Waals surface area contributed by atoms with Gasteiger partial charge in [-0.05, 0) is 40.9 Å². The molecule has 1 aliphatic heterocycles. The second-order valence-corrected chi connectivity index (χ2v) is 7.71. The summed E-state index contributed by atoms with van der Waals surface area (Å²) >= 11 is 3.34. The third-order valence-electron chi connectivity index (χ3n) is 4.83. The van der Waals surface area contributed by atoms with Gasteiger partial charge in [0.1, 0.15) is 11.1 Å². The molecule has 0 amide bonds. The lowest BCUT2D eigenvalue weighted by Crippen LogP contribution is -2.43. The zero-order chi connectivity index (χ0) is 19.0. The number of ketones is 1. The number of fused-ring (bicyclic) bond motifs is 1. The van der Waals surface area contributed by atoms with Crippen molar-refractivity contribution >= 4 is 44.4 Å². The molecule has 0 aliphatic carbocycles. The molecule has 0 spiro atoms. The number of nitrogens with zero attached hydrogens (tertiary/aromatic N) is 3. The first-order chi connectivity index (χ1) is 13.0. The molecule has 0 bridgehead atoms. The van der Waals surface area contributed by atoms with Gasteiger partial charge in [-0.25, -0.2) is 0 Å². The lowest BCUT2D eigenvalue weighted by molar-refractivity contribution is 0.0994. The van der Waals surface area contributed by atoms with E-state index in [9.17, 15) is 4.79 Å². The molecule has 8 heteroatoms. The fourth-order valence-corrected chi connectivity index (χ4v) is 3.91. The molecule has 140 valence electrons. The summed E-state index contributed by atoms with van der Waals surface area (Å²) in [7, 11) is 0. The Morgan fingerprint density at radius 1 is 1.41 bits per heavy atom. The fraction of sp³-hybridized carbons (Fsp3) is 0.316. The first-order valence-corrected chi connectivity index (χ1v) is 9.62. The standard InChI is InChI=1S/C19H20BrN5O2/c20-12-7-16-18(24-9-12)17(19(22)27-16)15(26)6-11-8-23-4-3-14(11)25-5-1-2-13(21)10-25/h3-4,7-9,13H,1-2,5-6,10,21-22H2/t13-/m0/s1. The van der Waals surface area contributed by atoms with Gasteiger partial charge in [0.05, 0.1) is 0 Å². The molecule has 7 nitrogen and oxygen atoms in total. The Labute approximate surface area is 164 Å². The molecule has 1 fully saturated rings. The van der Waals surface area contributed by atoms with E-state index in [2.05, 4.69) is 30.8 Å². The number of carbonyl (C=O) groups excluding carboxylic acids is 1. The average Bonchev–Trinajstić information content (AvgIpc) is 2.97. The molecule has 4 heterocycles. The zero-order valence-corrected chi connectivity index (χ0v) is 16.3. The van der Waals surface area contributed by atoms with E-state index in [1.807, 2.05) is 6.07 Å². The number of hydrogen-bond donors (Lipinski definition) is 2. The predicted molar refractivity (Wildman–Crippen MR) is 108 cm³/mol. The van der Waals surface area contributed by atoms with Crippen LogP contribution in [0.25, 0.3) is 11.1 Å². The van der Waals surface area contributed by atoms with Crippen molar-refractivity contribution in [3.8, 4) is 0 Å². The van der Waals surface area contributed by atoms with Crippen molar-refractivity contribution in [2.75, 3.05) is 23.7 Å². The Morgan fingerprint density at radius 3 is 3.07 bits per heavy atom. The SMILES string of the molecule is Nc1oc2cc(Br)cnc2c1C(=O)Cc1cnccc1N1CCC[C@H](N)C1. The van der Waals surface area contributed by atoms with E-state index in [4.69, 9.17) is 15.9 Å². The van der Waals surface area contributed by atoms with E-state index in [0.29, 0.717) is 16.7 Å². The second kappa shape index (κ2) is 7.28. The Balaban J connectivity index is 1.65. The quantitative estimate of drug-likeness (QED) is 0.613. The first kappa shape index (κ1) is 17.9. The minimum atomic E-state index is -0.142. The van der Waals surface area contributed by atoms with Gasteiger partial charge in [-0.3, -0.25) is 14.8 Å². The highest BCUT2D eigenvalue weighted by molar-refractivity contribution is 9.10. The fourth-order valence-electron chi connectivity index (χ4n) is 3.60. The number of halogens is 1. The number of carbonyl (C=O) groups is 1. The highest BCUT2D eigenvalue weighted by Crippen LogP contribution is 2.31. The number of nitrogens with two attached hydrogens (primary N) is 2. The Morgan fingerprint density at radius 2 is 2.26 bits per heavy atom. The van der Waals surface area contributed by atoms with E-state index in [-0.39, 0.29) is 24.1 Å². The lowest BCUT2D eigenvalue weighted by Gasteiger charge is -2.33. The van der Waals surface area contributed by atoms with E-state index in [1.165, 1.54) is 0 Å². The van der Waals surface area contributed by atoms with Crippen molar-refractivity contribution in [3.63, 3.8) is 0 Å². The van der Waals surface area contributed by atoms with Gasteiger partial charge in [-0.1, -0.05) is 0 Å². The number of Topliss-reactive ketones (excluding diaryl/α,β-unsaturated/α-hetero) is 1. The summed E-state index contributed by atoms with van der Waals surface area (Å²) in [5.74, 6) is -0.0531. The van der Waals surface area contributed by atoms with E-state index < -0.39 is 0 Å². The summed E-state index contributed by atoms with van der Waals surface area (Å²) in [6.45, 7) is 1.70. The van der Waals surface area contributed by atoms with Gasteiger partial charge in [0.2, 0.25) is 5.88 Å². The number of anilines is 2. The van der Waals surface area contributed by atoms with Crippen molar-refractivity contribution in [2.45, 2.75) is 25.3 Å². The molecule has 4 rings (SSSR count). The monoisotopic (exact) mass is 429 g/mol. The third kappa shape index (κ3) is 3.54. The highest BCUT2D eigenvalue weighted by atomic mass is 79.9. The van der Waals surface area contributed by atoms with Crippen LogP contribution < -0.4 is 16.4 Å².